The van der Waals surface area contributed by atoms with E-state index in [0.717, 1.165) is 24.3 Å². The molecule has 4 bridgehead atoms. The molecule has 0 aromatic heterocycles. The van der Waals surface area contributed by atoms with Crippen LogP contribution in [0.15, 0.2) is 18.2 Å². The minimum absolute atomic E-state index is 0.264. The van der Waals surface area contributed by atoms with E-state index in [4.69, 9.17) is 0 Å². The standard InChI is InChI=1S/C20H26FNO2/c1-24-19(23)16-2-3-17(18(21)7-16)11-22-12-20-8-13-4-14(9-20)6-15(5-13)10-20/h2-3,7,13-15,22H,4-6,8-12H2,1H3. The third-order valence-corrected chi connectivity index (χ3v) is 6.45. The van der Waals surface area contributed by atoms with Crippen LogP contribution in [0.5, 0.6) is 0 Å². The van der Waals surface area contributed by atoms with Gasteiger partial charge in [-0.3, -0.25) is 0 Å². The van der Waals surface area contributed by atoms with Gasteiger partial charge in [0.05, 0.1) is 12.7 Å². The van der Waals surface area contributed by atoms with Crippen molar-refractivity contribution in [1.82, 2.24) is 5.32 Å². The first kappa shape index (κ1) is 16.1. The van der Waals surface area contributed by atoms with Gasteiger partial charge in [0.1, 0.15) is 5.82 Å². The van der Waals surface area contributed by atoms with Crippen molar-refractivity contribution in [2.75, 3.05) is 13.7 Å². The molecule has 4 fully saturated rings. The molecule has 3 nitrogen and oxygen atoms in total. The van der Waals surface area contributed by atoms with E-state index >= 15 is 0 Å². The van der Waals surface area contributed by atoms with Crippen molar-refractivity contribution in [2.45, 2.75) is 45.1 Å². The molecule has 1 aromatic carbocycles. The normalized spacial score (nSPS) is 33.7. The highest BCUT2D eigenvalue weighted by molar-refractivity contribution is 5.89. The second kappa shape index (κ2) is 6.14. The fraction of sp³-hybridized carbons (Fsp3) is 0.650. The highest BCUT2D eigenvalue weighted by atomic mass is 19.1. The van der Waals surface area contributed by atoms with Crippen molar-refractivity contribution < 1.29 is 13.9 Å². The number of rotatable bonds is 5. The molecule has 0 radical (unpaired) electrons. The fourth-order valence-electron chi connectivity index (χ4n) is 5.90. The molecular weight excluding hydrogens is 305 g/mol. The average molecular weight is 331 g/mol. The van der Waals surface area contributed by atoms with Gasteiger partial charge in [0.2, 0.25) is 0 Å². The Kier molecular flexibility index (Phi) is 4.11. The van der Waals surface area contributed by atoms with Gasteiger partial charge >= 0.3 is 5.97 Å². The number of hydrogen-bond acceptors (Lipinski definition) is 3. The molecule has 4 aliphatic carbocycles. The lowest BCUT2D eigenvalue weighted by atomic mass is 9.49. The fourth-order valence-corrected chi connectivity index (χ4v) is 5.90. The smallest absolute Gasteiger partial charge is 0.337 e. The van der Waals surface area contributed by atoms with Gasteiger partial charge < -0.3 is 10.1 Å². The number of carbonyl (C=O) groups is 1. The predicted octanol–water partition coefficient (Wildman–Crippen LogP) is 3.92. The molecule has 4 heteroatoms. The van der Waals surface area contributed by atoms with Gasteiger partial charge in [-0.2, -0.15) is 0 Å². The molecular formula is C20H26FNO2. The topological polar surface area (TPSA) is 38.3 Å². The van der Waals surface area contributed by atoms with Gasteiger partial charge in [-0.05, 0) is 73.8 Å². The van der Waals surface area contributed by atoms with Gasteiger partial charge in [0, 0.05) is 18.7 Å². The Labute approximate surface area is 143 Å². The average Bonchev–Trinajstić information content (AvgIpc) is 2.54. The number of esters is 1. The van der Waals surface area contributed by atoms with E-state index in [-0.39, 0.29) is 11.4 Å². The van der Waals surface area contributed by atoms with Crippen molar-refractivity contribution in [2.24, 2.45) is 23.2 Å². The van der Waals surface area contributed by atoms with E-state index in [2.05, 4.69) is 10.1 Å². The van der Waals surface area contributed by atoms with E-state index in [9.17, 15) is 9.18 Å². The van der Waals surface area contributed by atoms with Crippen molar-refractivity contribution in [3.63, 3.8) is 0 Å². The third kappa shape index (κ3) is 2.97. The van der Waals surface area contributed by atoms with Gasteiger partial charge in [-0.25, -0.2) is 9.18 Å². The van der Waals surface area contributed by atoms with Gasteiger partial charge in [-0.15, -0.1) is 0 Å². The molecule has 0 spiro atoms. The van der Waals surface area contributed by atoms with Crippen molar-refractivity contribution in [3.05, 3.63) is 35.1 Å². The first-order valence-corrected chi connectivity index (χ1v) is 9.14. The number of ether oxygens (including phenoxy) is 1. The van der Waals surface area contributed by atoms with Crippen LogP contribution in [-0.2, 0) is 11.3 Å². The highest BCUT2D eigenvalue weighted by Gasteiger charge is 2.50. The zero-order valence-corrected chi connectivity index (χ0v) is 14.3. The number of benzene rings is 1. The number of carbonyl (C=O) groups excluding carboxylic acids is 1. The third-order valence-electron chi connectivity index (χ3n) is 6.45. The molecule has 24 heavy (non-hydrogen) atoms. The van der Waals surface area contributed by atoms with Crippen LogP contribution in [0, 0.1) is 29.0 Å². The summed E-state index contributed by atoms with van der Waals surface area (Å²) in [6.07, 6.45) is 8.41. The minimum Gasteiger partial charge on any atom is -0.465 e. The minimum atomic E-state index is -0.498. The van der Waals surface area contributed by atoms with Crippen LogP contribution in [-0.4, -0.2) is 19.6 Å². The summed E-state index contributed by atoms with van der Waals surface area (Å²) in [5.74, 6) is 1.98. The molecule has 0 heterocycles. The Balaban J connectivity index is 1.37. The van der Waals surface area contributed by atoms with E-state index in [1.54, 1.807) is 12.1 Å². The molecule has 0 amide bonds. The van der Waals surface area contributed by atoms with E-state index in [0.29, 0.717) is 17.5 Å². The highest BCUT2D eigenvalue weighted by Crippen LogP contribution is 2.59. The molecule has 1 aromatic rings. The Bertz CT molecular complexity index is 607. The number of halogens is 1. The van der Waals surface area contributed by atoms with Crippen LogP contribution in [0.1, 0.15) is 54.4 Å². The Morgan fingerprint density at radius 3 is 2.38 bits per heavy atom. The summed E-state index contributed by atoms with van der Waals surface area (Å²) in [7, 11) is 1.31. The maximum absolute atomic E-state index is 14.2. The maximum Gasteiger partial charge on any atom is 0.337 e. The van der Waals surface area contributed by atoms with Crippen LogP contribution >= 0.6 is 0 Å². The Morgan fingerprint density at radius 1 is 1.21 bits per heavy atom. The maximum atomic E-state index is 14.2. The van der Waals surface area contributed by atoms with E-state index in [1.165, 1.54) is 51.7 Å². The predicted molar refractivity (Wildman–Crippen MR) is 90.1 cm³/mol. The first-order valence-electron chi connectivity index (χ1n) is 9.14. The van der Waals surface area contributed by atoms with Gasteiger partial charge in [0.25, 0.3) is 0 Å². The summed E-state index contributed by atoms with van der Waals surface area (Å²) in [6, 6.07) is 4.60. The molecule has 130 valence electrons. The van der Waals surface area contributed by atoms with E-state index in [1.807, 2.05) is 0 Å². The second-order valence-corrected chi connectivity index (χ2v) is 8.32. The summed E-state index contributed by atoms with van der Waals surface area (Å²) in [5.41, 5.74) is 1.34. The lowest BCUT2D eigenvalue weighted by molar-refractivity contribution is -0.0514. The SMILES string of the molecule is COC(=O)c1ccc(CNCC23CC4CC(CC(C4)C2)C3)c(F)c1. The van der Waals surface area contributed by atoms with Gasteiger partial charge in [-0.1, -0.05) is 6.07 Å². The molecule has 4 saturated carbocycles. The Morgan fingerprint density at radius 2 is 1.83 bits per heavy atom. The number of hydrogen-bond donors (Lipinski definition) is 1. The van der Waals surface area contributed by atoms with Crippen LogP contribution in [0.4, 0.5) is 4.39 Å². The summed E-state index contributed by atoms with van der Waals surface area (Å²) < 4.78 is 18.8. The molecule has 1 N–H and O–H groups in total. The van der Waals surface area contributed by atoms with Crippen LogP contribution < -0.4 is 5.32 Å². The van der Waals surface area contributed by atoms with Crippen molar-refractivity contribution >= 4 is 5.97 Å². The number of nitrogens with one attached hydrogen (secondary N) is 1. The van der Waals surface area contributed by atoms with Crippen LogP contribution in [0.3, 0.4) is 0 Å². The summed E-state index contributed by atoms with van der Waals surface area (Å²) in [6.45, 7) is 1.52. The second-order valence-electron chi connectivity index (χ2n) is 8.32. The summed E-state index contributed by atoms with van der Waals surface area (Å²) >= 11 is 0. The Hall–Kier alpha value is -1.42. The zero-order chi connectivity index (χ0) is 16.7. The molecule has 4 aliphatic rings. The molecule has 0 atom stereocenters. The van der Waals surface area contributed by atoms with Crippen LogP contribution in [0.2, 0.25) is 0 Å². The molecule has 0 saturated heterocycles. The first-order chi connectivity index (χ1) is 11.6. The van der Waals surface area contributed by atoms with E-state index < -0.39 is 5.97 Å². The quantitative estimate of drug-likeness (QED) is 0.831. The number of methoxy groups -OCH3 is 1. The van der Waals surface area contributed by atoms with Crippen molar-refractivity contribution in [1.29, 1.82) is 0 Å². The molecule has 5 rings (SSSR count). The lowest BCUT2D eigenvalue weighted by Crippen LogP contribution is -2.50. The molecule has 0 aliphatic heterocycles. The summed E-state index contributed by atoms with van der Waals surface area (Å²) in [5, 5.41) is 3.51. The lowest BCUT2D eigenvalue weighted by Gasteiger charge is -2.57. The largest absolute Gasteiger partial charge is 0.465 e. The summed E-state index contributed by atoms with van der Waals surface area (Å²) in [4.78, 5) is 11.4. The van der Waals surface area contributed by atoms with Crippen molar-refractivity contribution in [3.8, 4) is 0 Å². The molecule has 0 unspecified atom stereocenters. The van der Waals surface area contributed by atoms with Gasteiger partial charge in [0.15, 0.2) is 0 Å². The van der Waals surface area contributed by atoms with Crippen LogP contribution in [0.25, 0.3) is 0 Å². The monoisotopic (exact) mass is 331 g/mol. The zero-order valence-electron chi connectivity index (χ0n) is 14.3.